The van der Waals surface area contributed by atoms with E-state index in [1.807, 2.05) is 19.0 Å². The van der Waals surface area contributed by atoms with E-state index in [1.165, 1.54) is 6.20 Å². The molecule has 0 amide bonds. The normalized spacial score (nSPS) is 15.2. The molecular formula is C11H20ClFN4. The minimum atomic E-state index is -1.60. The van der Waals surface area contributed by atoms with Gasteiger partial charge in [0, 0.05) is 13.1 Å². The Balaban J connectivity index is 3.01. The van der Waals surface area contributed by atoms with Gasteiger partial charge in [-0.15, -0.1) is 0 Å². The second-order valence-electron chi connectivity index (χ2n) is 4.39. The van der Waals surface area contributed by atoms with Gasteiger partial charge >= 0.3 is 0 Å². The van der Waals surface area contributed by atoms with E-state index in [2.05, 4.69) is 5.10 Å². The van der Waals surface area contributed by atoms with E-state index in [4.69, 9.17) is 17.3 Å². The van der Waals surface area contributed by atoms with Crippen LogP contribution in [0.4, 0.5) is 4.39 Å². The third kappa shape index (κ3) is 3.18. The predicted octanol–water partition coefficient (Wildman–Crippen LogP) is 1.63. The lowest BCUT2D eigenvalue weighted by atomic mass is 9.99. The summed E-state index contributed by atoms with van der Waals surface area (Å²) in [5.74, 6) is 0. The number of nitrogens with two attached hydrogens (primary N) is 1. The topological polar surface area (TPSA) is 47.1 Å². The van der Waals surface area contributed by atoms with Gasteiger partial charge in [-0.25, -0.2) is 4.39 Å². The van der Waals surface area contributed by atoms with Crippen molar-refractivity contribution in [3.63, 3.8) is 0 Å². The molecule has 1 rings (SSSR count). The minimum Gasteiger partial charge on any atom is -0.327 e. The lowest BCUT2D eigenvalue weighted by molar-refractivity contribution is 0.152. The van der Waals surface area contributed by atoms with E-state index in [0.29, 0.717) is 17.3 Å². The maximum absolute atomic E-state index is 14.6. The summed E-state index contributed by atoms with van der Waals surface area (Å²) in [6, 6.07) is 0. The molecule has 1 aromatic rings. The van der Waals surface area contributed by atoms with Gasteiger partial charge in [0.15, 0.2) is 5.67 Å². The summed E-state index contributed by atoms with van der Waals surface area (Å²) in [6.07, 6.45) is 1.77. The Labute approximate surface area is 107 Å². The van der Waals surface area contributed by atoms with Gasteiger partial charge in [0.25, 0.3) is 0 Å². The van der Waals surface area contributed by atoms with Gasteiger partial charge in [-0.1, -0.05) is 18.5 Å². The van der Waals surface area contributed by atoms with Crippen molar-refractivity contribution in [1.29, 1.82) is 0 Å². The van der Waals surface area contributed by atoms with Crippen molar-refractivity contribution < 1.29 is 4.39 Å². The summed E-state index contributed by atoms with van der Waals surface area (Å²) in [4.78, 5) is 2.01. The molecule has 0 aliphatic carbocycles. The molecule has 0 spiro atoms. The summed E-state index contributed by atoms with van der Waals surface area (Å²) in [5, 5.41) is 4.46. The summed E-state index contributed by atoms with van der Waals surface area (Å²) < 4.78 is 16.2. The monoisotopic (exact) mass is 262 g/mol. The molecular weight excluding hydrogens is 243 g/mol. The fraction of sp³-hybridized carbons (Fsp3) is 0.727. The predicted molar refractivity (Wildman–Crippen MR) is 67.9 cm³/mol. The fourth-order valence-electron chi connectivity index (χ4n) is 1.68. The molecule has 0 radical (unpaired) electrons. The molecule has 4 nitrogen and oxygen atoms in total. The molecule has 17 heavy (non-hydrogen) atoms. The molecule has 0 aliphatic rings. The average Bonchev–Trinajstić information content (AvgIpc) is 2.67. The highest BCUT2D eigenvalue weighted by Gasteiger charge is 2.34. The molecule has 1 aromatic heterocycles. The summed E-state index contributed by atoms with van der Waals surface area (Å²) in [6.45, 7) is 3.04. The third-order valence-electron chi connectivity index (χ3n) is 2.86. The van der Waals surface area contributed by atoms with E-state index >= 15 is 0 Å². The number of nitrogens with zero attached hydrogens (tertiary/aromatic N) is 3. The molecule has 98 valence electrons. The van der Waals surface area contributed by atoms with E-state index in [-0.39, 0.29) is 13.0 Å². The van der Waals surface area contributed by atoms with E-state index in [9.17, 15) is 4.39 Å². The number of hydrogen-bond donors (Lipinski definition) is 1. The molecule has 0 saturated heterocycles. The van der Waals surface area contributed by atoms with Gasteiger partial charge in [0.05, 0.1) is 23.5 Å². The van der Waals surface area contributed by atoms with Gasteiger partial charge in [-0.05, 0) is 20.5 Å². The Morgan fingerprint density at radius 2 is 2.24 bits per heavy atom. The smallest absolute Gasteiger partial charge is 0.165 e. The first-order valence-electron chi connectivity index (χ1n) is 5.70. The van der Waals surface area contributed by atoms with Crippen LogP contribution >= 0.6 is 11.6 Å². The molecule has 0 fully saturated rings. The Morgan fingerprint density at radius 1 is 1.59 bits per heavy atom. The van der Waals surface area contributed by atoms with Crippen LogP contribution in [0, 0.1) is 0 Å². The molecule has 0 aromatic carbocycles. The molecule has 1 unspecified atom stereocenters. The minimum absolute atomic E-state index is 0.0864. The number of rotatable bonds is 6. The van der Waals surface area contributed by atoms with Crippen molar-refractivity contribution in [3.8, 4) is 0 Å². The molecule has 2 N–H and O–H groups in total. The van der Waals surface area contributed by atoms with Crippen LogP contribution in [0.3, 0.4) is 0 Å². The van der Waals surface area contributed by atoms with Gasteiger partial charge < -0.3 is 10.6 Å². The van der Waals surface area contributed by atoms with Crippen molar-refractivity contribution in [1.82, 2.24) is 14.7 Å². The molecule has 0 aliphatic heterocycles. The lowest BCUT2D eigenvalue weighted by Crippen LogP contribution is -2.33. The fourth-order valence-corrected chi connectivity index (χ4v) is 1.99. The number of likely N-dealkylation sites (N-methyl/N-ethyl adjacent to an activating group) is 1. The van der Waals surface area contributed by atoms with Crippen molar-refractivity contribution in [2.75, 3.05) is 27.2 Å². The van der Waals surface area contributed by atoms with Crippen LogP contribution in [0.2, 0.25) is 5.02 Å². The van der Waals surface area contributed by atoms with Crippen LogP contribution in [-0.4, -0.2) is 41.9 Å². The van der Waals surface area contributed by atoms with Crippen LogP contribution in [0.1, 0.15) is 19.0 Å². The van der Waals surface area contributed by atoms with Crippen LogP contribution in [-0.2, 0) is 12.2 Å². The zero-order chi connectivity index (χ0) is 13.1. The van der Waals surface area contributed by atoms with Crippen molar-refractivity contribution in [2.24, 2.45) is 5.73 Å². The van der Waals surface area contributed by atoms with Gasteiger partial charge in [0.2, 0.25) is 0 Å². The van der Waals surface area contributed by atoms with E-state index in [0.717, 1.165) is 6.54 Å². The molecule has 1 atom stereocenters. The van der Waals surface area contributed by atoms with Crippen LogP contribution in [0.15, 0.2) is 6.20 Å². The highest BCUT2D eigenvalue weighted by atomic mass is 35.5. The molecule has 0 saturated carbocycles. The summed E-state index contributed by atoms with van der Waals surface area (Å²) >= 11 is 6.01. The Hall–Kier alpha value is -0.650. The number of aromatic nitrogens is 2. The largest absolute Gasteiger partial charge is 0.327 e. The van der Waals surface area contributed by atoms with Gasteiger partial charge in [-0.2, -0.15) is 5.10 Å². The van der Waals surface area contributed by atoms with E-state index in [1.54, 1.807) is 11.6 Å². The molecule has 6 heteroatoms. The van der Waals surface area contributed by atoms with Crippen LogP contribution in [0.25, 0.3) is 0 Å². The standard InChI is InChI=1S/C11H20ClFN4/c1-4-11(13,8-14)10-9(12)7-15-17(10)6-5-16(2)3/h7H,4-6,8,14H2,1-3H3. The zero-order valence-electron chi connectivity index (χ0n) is 10.6. The number of alkyl halides is 1. The first kappa shape index (κ1) is 14.4. The Kier molecular flexibility index (Phi) is 4.91. The number of hydrogen-bond acceptors (Lipinski definition) is 3. The number of halogens is 2. The highest BCUT2D eigenvalue weighted by Crippen LogP contribution is 2.33. The lowest BCUT2D eigenvalue weighted by Gasteiger charge is -2.24. The van der Waals surface area contributed by atoms with Gasteiger partial charge in [-0.3, -0.25) is 4.68 Å². The second kappa shape index (κ2) is 5.80. The Morgan fingerprint density at radius 3 is 2.71 bits per heavy atom. The average molecular weight is 263 g/mol. The summed E-state index contributed by atoms with van der Waals surface area (Å²) in [5.41, 5.74) is 4.31. The van der Waals surface area contributed by atoms with Crippen molar-refractivity contribution in [3.05, 3.63) is 16.9 Å². The Bertz CT molecular complexity index is 360. The van der Waals surface area contributed by atoms with Crippen LogP contribution in [0.5, 0.6) is 0 Å². The maximum atomic E-state index is 14.6. The highest BCUT2D eigenvalue weighted by molar-refractivity contribution is 6.31. The zero-order valence-corrected chi connectivity index (χ0v) is 11.3. The molecule has 0 bridgehead atoms. The quantitative estimate of drug-likeness (QED) is 0.848. The third-order valence-corrected chi connectivity index (χ3v) is 3.14. The van der Waals surface area contributed by atoms with Crippen LogP contribution < -0.4 is 5.73 Å². The molecule has 1 heterocycles. The maximum Gasteiger partial charge on any atom is 0.165 e. The second-order valence-corrected chi connectivity index (χ2v) is 4.80. The van der Waals surface area contributed by atoms with Gasteiger partial charge in [0.1, 0.15) is 0 Å². The van der Waals surface area contributed by atoms with E-state index < -0.39 is 5.67 Å². The SMILES string of the molecule is CCC(F)(CN)c1c(Cl)cnn1CCN(C)C. The first-order valence-corrected chi connectivity index (χ1v) is 6.08. The summed E-state index contributed by atoms with van der Waals surface area (Å²) in [7, 11) is 3.91. The van der Waals surface area contributed by atoms with Crippen molar-refractivity contribution >= 4 is 11.6 Å². The van der Waals surface area contributed by atoms with Crippen molar-refractivity contribution in [2.45, 2.75) is 25.6 Å². The first-order chi connectivity index (χ1) is 7.94.